The maximum atomic E-state index is 14.1. The van der Waals surface area contributed by atoms with Crippen LogP contribution in [-0.4, -0.2) is 18.2 Å². The highest BCUT2D eigenvalue weighted by Gasteiger charge is 2.41. The molecular formula is C27H21F4NO5. The Morgan fingerprint density at radius 1 is 1.00 bits per heavy atom. The predicted molar refractivity (Wildman–Crippen MR) is 126 cm³/mol. The largest absolute Gasteiger partial charge is 0.490 e. The number of hydrogen-bond acceptors (Lipinski definition) is 6. The number of benzene rings is 3. The number of para-hydroxylation sites is 2. The zero-order valence-electron chi connectivity index (χ0n) is 19.6. The topological polar surface area (TPSA) is 61.1 Å². The number of rotatable bonds is 6. The average Bonchev–Trinajstić information content (AvgIpc) is 2.87. The van der Waals surface area contributed by atoms with E-state index in [0.29, 0.717) is 17.9 Å². The fraction of sp³-hybridized carbons (Fsp3) is 0.222. The van der Waals surface area contributed by atoms with Crippen molar-refractivity contribution in [3.63, 3.8) is 0 Å². The fourth-order valence-corrected chi connectivity index (χ4v) is 4.14. The second kappa shape index (κ2) is 9.78. The quantitative estimate of drug-likeness (QED) is 0.274. The molecular weight excluding hydrogens is 494 g/mol. The Labute approximate surface area is 208 Å². The predicted octanol–water partition coefficient (Wildman–Crippen LogP) is 6.49. The first kappa shape index (κ1) is 24.6. The van der Waals surface area contributed by atoms with Gasteiger partial charge in [-0.3, -0.25) is 9.69 Å². The second-order valence-electron chi connectivity index (χ2n) is 8.37. The van der Waals surface area contributed by atoms with E-state index >= 15 is 0 Å². The molecule has 10 heteroatoms. The van der Waals surface area contributed by atoms with Gasteiger partial charge in [-0.15, -0.1) is 0 Å². The SMILES string of the molecule is CCOc1ccccc1Oc1c(C(F)(F)F)oc2c3c(ccc2c1=O)OCN(Cc1ccc(F)cc1)C3. The van der Waals surface area contributed by atoms with E-state index < -0.39 is 23.1 Å². The summed E-state index contributed by atoms with van der Waals surface area (Å²) in [4.78, 5) is 15.1. The van der Waals surface area contributed by atoms with Crippen molar-refractivity contribution in [1.82, 2.24) is 4.90 Å². The molecule has 0 saturated carbocycles. The summed E-state index contributed by atoms with van der Waals surface area (Å²) in [7, 11) is 0. The lowest BCUT2D eigenvalue weighted by atomic mass is 10.1. The number of fused-ring (bicyclic) bond motifs is 3. The summed E-state index contributed by atoms with van der Waals surface area (Å²) >= 11 is 0. The molecule has 4 aromatic rings. The molecule has 0 bridgehead atoms. The summed E-state index contributed by atoms with van der Waals surface area (Å²) < 4.78 is 77.6. The van der Waals surface area contributed by atoms with Crippen LogP contribution in [0.4, 0.5) is 17.6 Å². The van der Waals surface area contributed by atoms with Crippen molar-refractivity contribution in [3.8, 4) is 23.0 Å². The van der Waals surface area contributed by atoms with Gasteiger partial charge in [-0.2, -0.15) is 13.2 Å². The third-order valence-corrected chi connectivity index (χ3v) is 5.80. The third-order valence-electron chi connectivity index (χ3n) is 5.80. The molecule has 0 spiro atoms. The molecule has 0 saturated heterocycles. The van der Waals surface area contributed by atoms with E-state index in [2.05, 4.69) is 0 Å². The van der Waals surface area contributed by atoms with Crippen molar-refractivity contribution in [3.05, 3.63) is 93.6 Å². The molecule has 0 fully saturated rings. The normalized spacial score (nSPS) is 13.8. The smallest absolute Gasteiger partial charge is 0.453 e. The van der Waals surface area contributed by atoms with Crippen LogP contribution in [-0.2, 0) is 19.3 Å². The van der Waals surface area contributed by atoms with Gasteiger partial charge in [0.25, 0.3) is 5.76 Å². The highest BCUT2D eigenvalue weighted by Crippen LogP contribution is 2.42. The third kappa shape index (κ3) is 4.97. The van der Waals surface area contributed by atoms with E-state index in [1.807, 2.05) is 0 Å². The Morgan fingerprint density at radius 3 is 2.43 bits per heavy atom. The Morgan fingerprint density at radius 2 is 1.73 bits per heavy atom. The van der Waals surface area contributed by atoms with Gasteiger partial charge in [0.15, 0.2) is 11.5 Å². The van der Waals surface area contributed by atoms with Crippen molar-refractivity contribution in [2.24, 2.45) is 0 Å². The maximum Gasteiger partial charge on any atom is 0.453 e. The molecule has 1 aromatic heterocycles. The minimum Gasteiger partial charge on any atom is -0.490 e. The van der Waals surface area contributed by atoms with Crippen molar-refractivity contribution in [1.29, 1.82) is 0 Å². The lowest BCUT2D eigenvalue weighted by Gasteiger charge is -2.29. The molecule has 3 aromatic carbocycles. The number of nitrogens with zero attached hydrogens (tertiary/aromatic N) is 1. The van der Waals surface area contributed by atoms with Crippen LogP contribution >= 0.6 is 0 Å². The van der Waals surface area contributed by atoms with Crippen molar-refractivity contribution < 1.29 is 36.2 Å². The van der Waals surface area contributed by atoms with Gasteiger partial charge < -0.3 is 18.6 Å². The zero-order chi connectivity index (χ0) is 26.2. The van der Waals surface area contributed by atoms with Crippen LogP contribution in [0.1, 0.15) is 23.8 Å². The minimum absolute atomic E-state index is 0.0479. The first-order valence-corrected chi connectivity index (χ1v) is 11.4. The monoisotopic (exact) mass is 515 g/mol. The molecule has 0 N–H and O–H groups in total. The van der Waals surface area contributed by atoms with Gasteiger partial charge in [0, 0.05) is 13.1 Å². The lowest BCUT2D eigenvalue weighted by Crippen LogP contribution is -2.32. The van der Waals surface area contributed by atoms with Crippen molar-refractivity contribution in [2.75, 3.05) is 13.3 Å². The van der Waals surface area contributed by atoms with Crippen LogP contribution in [0.25, 0.3) is 11.0 Å². The minimum atomic E-state index is -5.02. The molecule has 6 nitrogen and oxygen atoms in total. The zero-order valence-corrected chi connectivity index (χ0v) is 19.6. The van der Waals surface area contributed by atoms with Crippen LogP contribution < -0.4 is 19.6 Å². The summed E-state index contributed by atoms with van der Waals surface area (Å²) in [6.45, 7) is 2.62. The molecule has 0 atom stereocenters. The Hall–Kier alpha value is -4.05. The molecule has 0 radical (unpaired) electrons. The second-order valence-corrected chi connectivity index (χ2v) is 8.37. The fourth-order valence-electron chi connectivity index (χ4n) is 4.14. The number of ether oxygens (including phenoxy) is 3. The van der Waals surface area contributed by atoms with E-state index in [9.17, 15) is 22.4 Å². The van der Waals surface area contributed by atoms with Gasteiger partial charge in [0.1, 0.15) is 23.9 Å². The highest BCUT2D eigenvalue weighted by atomic mass is 19.4. The Balaban J connectivity index is 1.58. The van der Waals surface area contributed by atoms with Crippen LogP contribution in [0.5, 0.6) is 23.0 Å². The van der Waals surface area contributed by atoms with Crippen LogP contribution in [0.15, 0.2) is 69.9 Å². The van der Waals surface area contributed by atoms with Crippen LogP contribution in [0.2, 0.25) is 0 Å². The van der Waals surface area contributed by atoms with E-state index in [4.69, 9.17) is 18.6 Å². The van der Waals surface area contributed by atoms with E-state index in [1.165, 1.54) is 36.4 Å². The molecule has 192 valence electrons. The molecule has 2 heterocycles. The van der Waals surface area contributed by atoms with Crippen LogP contribution in [0, 0.1) is 5.82 Å². The summed E-state index contributed by atoms with van der Waals surface area (Å²) in [5.74, 6) is -2.46. The van der Waals surface area contributed by atoms with Crippen LogP contribution in [0.3, 0.4) is 0 Å². The molecule has 5 rings (SSSR count). The lowest BCUT2D eigenvalue weighted by molar-refractivity contribution is -0.154. The maximum absolute atomic E-state index is 14.1. The summed E-state index contributed by atoms with van der Waals surface area (Å²) in [6.07, 6.45) is -5.02. The summed E-state index contributed by atoms with van der Waals surface area (Å²) in [5.41, 5.74) is -0.119. The molecule has 0 aliphatic carbocycles. The number of hydrogen-bond donors (Lipinski definition) is 0. The molecule has 37 heavy (non-hydrogen) atoms. The summed E-state index contributed by atoms with van der Waals surface area (Å²) in [6, 6.07) is 14.9. The van der Waals surface area contributed by atoms with Crippen molar-refractivity contribution in [2.45, 2.75) is 26.2 Å². The van der Waals surface area contributed by atoms with Gasteiger partial charge in [-0.05, 0) is 48.9 Å². The Bertz CT molecular complexity index is 1500. The van der Waals surface area contributed by atoms with Gasteiger partial charge >= 0.3 is 6.18 Å². The first-order valence-electron chi connectivity index (χ1n) is 11.4. The average molecular weight is 515 g/mol. The highest BCUT2D eigenvalue weighted by molar-refractivity contribution is 5.84. The van der Waals surface area contributed by atoms with Gasteiger partial charge in [-0.1, -0.05) is 24.3 Å². The number of halogens is 4. The molecule has 0 unspecified atom stereocenters. The molecule has 0 amide bonds. The van der Waals surface area contributed by atoms with Gasteiger partial charge in [-0.25, -0.2) is 4.39 Å². The van der Waals surface area contributed by atoms with E-state index in [-0.39, 0.29) is 48.2 Å². The van der Waals surface area contributed by atoms with E-state index in [1.54, 1.807) is 36.1 Å². The number of alkyl halides is 3. The first-order chi connectivity index (χ1) is 17.7. The van der Waals surface area contributed by atoms with Crippen molar-refractivity contribution >= 4 is 11.0 Å². The summed E-state index contributed by atoms with van der Waals surface area (Å²) in [5, 5.41) is -0.0807. The molecule has 1 aliphatic rings. The Kier molecular flexibility index (Phi) is 6.51. The van der Waals surface area contributed by atoms with Gasteiger partial charge in [0.2, 0.25) is 11.2 Å². The van der Waals surface area contributed by atoms with E-state index in [0.717, 1.165) is 5.56 Å². The van der Waals surface area contributed by atoms with Gasteiger partial charge in [0.05, 0.1) is 17.6 Å². The standard InChI is InChI=1S/C27H21F4NO5/c1-2-34-21-5-3-4-6-22(21)36-25-23(33)18-11-12-20-19(24(18)37-26(25)27(29,30)31)14-32(15-35-20)13-16-7-9-17(28)10-8-16/h3-12H,2,13-15H2,1H3. The molecule has 1 aliphatic heterocycles.